The van der Waals surface area contributed by atoms with Crippen LogP contribution in [0.4, 0.5) is 13.2 Å². The van der Waals surface area contributed by atoms with Crippen LogP contribution in [0.3, 0.4) is 0 Å². The number of aliphatic hydroxyl groups is 1. The Labute approximate surface area is 274 Å². The monoisotopic (exact) mass is 661 g/mol. The van der Waals surface area contributed by atoms with Gasteiger partial charge in [0.2, 0.25) is 0 Å². The van der Waals surface area contributed by atoms with Crippen LogP contribution < -0.4 is 4.74 Å². The fraction of sp³-hybridized carbons (Fsp3) is 0.500. The van der Waals surface area contributed by atoms with E-state index in [4.69, 9.17) is 4.74 Å². The molecule has 1 aliphatic carbocycles. The van der Waals surface area contributed by atoms with Crippen LogP contribution in [0.5, 0.6) is 5.75 Å². The summed E-state index contributed by atoms with van der Waals surface area (Å²) in [7, 11) is 0. The summed E-state index contributed by atoms with van der Waals surface area (Å²) in [6.07, 6.45) is 1.22. The van der Waals surface area contributed by atoms with Gasteiger partial charge in [0.15, 0.2) is 16.6 Å². The highest BCUT2D eigenvalue weighted by Gasteiger charge is 2.42. The van der Waals surface area contributed by atoms with Crippen molar-refractivity contribution in [3.8, 4) is 5.75 Å². The minimum absolute atomic E-state index is 0.0600. The lowest BCUT2D eigenvalue weighted by Gasteiger charge is -2.31. The zero-order valence-electron chi connectivity index (χ0n) is 26.8. The van der Waals surface area contributed by atoms with Gasteiger partial charge < -0.3 is 15.1 Å². The zero-order valence-corrected chi connectivity index (χ0v) is 27.6. The predicted molar refractivity (Wildman–Crippen MR) is 176 cm³/mol. The first-order valence-electron chi connectivity index (χ1n) is 15.7. The lowest BCUT2D eigenvalue weighted by atomic mass is 9.81. The third kappa shape index (κ3) is 12.0. The number of aliphatic hydroxyl groups excluding tert-OH is 1. The highest BCUT2D eigenvalue weighted by Crippen LogP contribution is 2.39. The molecule has 2 N–H and O–H groups in total. The van der Waals surface area contributed by atoms with Gasteiger partial charge in [-0.25, -0.2) is 13.2 Å². The van der Waals surface area contributed by atoms with Gasteiger partial charge in [-0.05, 0) is 92.4 Å². The summed E-state index contributed by atoms with van der Waals surface area (Å²) in [5.74, 6) is -1.14. The van der Waals surface area contributed by atoms with E-state index in [0.29, 0.717) is 30.5 Å². The third-order valence-electron chi connectivity index (χ3n) is 8.45. The van der Waals surface area contributed by atoms with E-state index < -0.39 is 40.9 Å². The minimum atomic E-state index is -2.16. The molecule has 0 spiro atoms. The van der Waals surface area contributed by atoms with E-state index in [9.17, 15) is 28.7 Å². The Bertz CT molecular complexity index is 1310. The molecular formula is C36H46F3NO5S. The summed E-state index contributed by atoms with van der Waals surface area (Å²) in [6, 6.07) is 16.2. The molecule has 1 fully saturated rings. The van der Waals surface area contributed by atoms with Gasteiger partial charge in [-0.15, -0.1) is 0 Å². The third-order valence-corrected chi connectivity index (χ3v) is 9.15. The van der Waals surface area contributed by atoms with E-state index in [1.54, 1.807) is 0 Å². The number of carbonyl (C=O) groups is 2. The topological polar surface area (TPSA) is 87.1 Å². The van der Waals surface area contributed by atoms with Gasteiger partial charge in [-0.3, -0.25) is 9.59 Å². The Morgan fingerprint density at radius 1 is 1.13 bits per heavy atom. The maximum absolute atomic E-state index is 16.3. The van der Waals surface area contributed by atoms with E-state index in [-0.39, 0.29) is 56.0 Å². The average Bonchev–Trinajstić information content (AvgIpc) is 3.04. The molecule has 2 aromatic rings. The molecule has 0 bridgehead atoms. The van der Waals surface area contributed by atoms with Crippen molar-refractivity contribution in [3.63, 3.8) is 0 Å². The average molecular weight is 662 g/mol. The van der Waals surface area contributed by atoms with Crippen molar-refractivity contribution in [2.24, 2.45) is 17.8 Å². The van der Waals surface area contributed by atoms with Crippen molar-refractivity contribution < 1.29 is 37.8 Å². The van der Waals surface area contributed by atoms with Crippen molar-refractivity contribution in [1.29, 1.82) is 0 Å². The second-order valence-corrected chi connectivity index (χ2v) is 13.3. The van der Waals surface area contributed by atoms with Gasteiger partial charge >= 0.3 is 0 Å². The number of rotatable bonds is 14. The normalized spacial score (nSPS) is 25.1. The van der Waals surface area contributed by atoms with Crippen LogP contribution in [0.2, 0.25) is 0 Å². The Morgan fingerprint density at radius 3 is 2.48 bits per heavy atom. The number of benzene rings is 2. The van der Waals surface area contributed by atoms with Crippen LogP contribution in [0.15, 0.2) is 78.4 Å². The first-order valence-corrected chi connectivity index (χ1v) is 16.7. The van der Waals surface area contributed by atoms with Crippen LogP contribution in [0.1, 0.15) is 64.0 Å². The molecule has 0 aromatic heterocycles. The lowest BCUT2D eigenvalue weighted by Crippen LogP contribution is -2.37. The van der Waals surface area contributed by atoms with Gasteiger partial charge in [0.1, 0.15) is 24.5 Å². The van der Waals surface area contributed by atoms with Gasteiger partial charge in [0, 0.05) is 25.4 Å². The number of hydroxylamine groups is 2. The quantitative estimate of drug-likeness (QED) is 0.121. The molecule has 6 unspecified atom stereocenters. The summed E-state index contributed by atoms with van der Waals surface area (Å²) in [4.78, 5) is 25.2. The van der Waals surface area contributed by atoms with E-state index in [2.05, 4.69) is 0 Å². The van der Waals surface area contributed by atoms with Crippen LogP contribution in [0.25, 0.3) is 0 Å². The lowest BCUT2D eigenvalue weighted by molar-refractivity contribution is -0.127. The van der Waals surface area contributed by atoms with E-state index >= 15 is 4.39 Å². The van der Waals surface area contributed by atoms with Crippen LogP contribution in [-0.2, 0) is 22.7 Å². The van der Waals surface area contributed by atoms with Crippen LogP contribution in [-0.4, -0.2) is 56.8 Å². The number of alkyl halides is 3. The van der Waals surface area contributed by atoms with Crippen molar-refractivity contribution >= 4 is 22.7 Å². The molecule has 3 rings (SSSR count). The number of carbonyl (C=O) groups excluding carboxylic acids is 2. The Balaban J connectivity index is 1.68. The molecule has 0 aliphatic heterocycles. The zero-order chi connectivity index (χ0) is 33.7. The first kappa shape index (κ1) is 37.5. The molecule has 6 nitrogen and oxygen atoms in total. The molecule has 1 aliphatic rings. The van der Waals surface area contributed by atoms with Crippen molar-refractivity contribution in [2.75, 3.05) is 12.6 Å². The van der Waals surface area contributed by atoms with Crippen molar-refractivity contribution in [3.05, 3.63) is 89.5 Å². The molecule has 0 heterocycles. The maximum Gasteiger partial charge on any atom is 0.194 e. The Kier molecular flexibility index (Phi) is 15.0. The van der Waals surface area contributed by atoms with Crippen molar-refractivity contribution in [2.45, 2.75) is 84.0 Å². The van der Waals surface area contributed by atoms with Gasteiger partial charge in [-0.2, -0.15) is 5.06 Å². The van der Waals surface area contributed by atoms with Gasteiger partial charge in [0.05, 0.1) is 6.10 Å². The summed E-state index contributed by atoms with van der Waals surface area (Å²) in [5, 5.41) is 22.6. The number of hydrogen-bond donors (Lipinski definition) is 2. The molecular weight excluding hydrogens is 615 g/mol. The Hall–Kier alpha value is -2.92. The summed E-state index contributed by atoms with van der Waals surface area (Å²) >= 11 is 0.548. The molecule has 0 radical (unpaired) electrons. The number of halogens is 3. The summed E-state index contributed by atoms with van der Waals surface area (Å²) in [6.45, 7) is 5.34. The molecule has 10 heteroatoms. The first-order chi connectivity index (χ1) is 21.9. The standard InChI is InChI=1S/C36H46F3NO5S/c1-25-18-30(22-40(44)21-28-11-13-32(14-12-28)45-23-29-8-5-4-6-9-29)33(35(43)46-24-37)15-16-34(42)36(39,20-25)17-7-10-31(41)19-26(2)27(3)38/h4-9,11-14,17,19,25,27,30,33-34,42,44H,10,15-16,18,20-24H2,1-3H3/b17-7+,26-19+. The fourth-order valence-electron chi connectivity index (χ4n) is 5.88. The molecule has 252 valence electrons. The number of hydrogen-bond acceptors (Lipinski definition) is 7. The second-order valence-electron chi connectivity index (χ2n) is 12.3. The minimum Gasteiger partial charge on any atom is -0.489 e. The molecule has 2 aromatic carbocycles. The van der Waals surface area contributed by atoms with Gasteiger partial charge in [-0.1, -0.05) is 67.2 Å². The highest BCUT2D eigenvalue weighted by molar-refractivity contribution is 8.13. The van der Waals surface area contributed by atoms with Crippen LogP contribution >= 0.6 is 11.8 Å². The molecule has 6 atom stereocenters. The summed E-state index contributed by atoms with van der Waals surface area (Å²) in [5.41, 5.74) is -0.0239. The number of nitrogens with zero attached hydrogens (tertiary/aromatic N) is 1. The number of thioether (sulfide) groups is 1. The number of ketones is 1. The molecule has 1 saturated carbocycles. The van der Waals surface area contributed by atoms with E-state index in [0.717, 1.165) is 16.2 Å². The molecule has 0 amide bonds. The van der Waals surface area contributed by atoms with Crippen molar-refractivity contribution in [1.82, 2.24) is 5.06 Å². The maximum atomic E-state index is 16.3. The Morgan fingerprint density at radius 2 is 1.83 bits per heavy atom. The molecule has 0 saturated heterocycles. The molecule has 46 heavy (non-hydrogen) atoms. The summed E-state index contributed by atoms with van der Waals surface area (Å²) < 4.78 is 48.7. The largest absolute Gasteiger partial charge is 0.489 e. The number of allylic oxidation sites excluding steroid dienone is 3. The SMILES string of the molecule is C/C(=C\C(=O)C/C=C/C1(F)CC(C)CC(CN(O)Cc2ccc(OCc3ccccc3)cc2)C(C(=O)SCF)CCC1O)C(C)F. The van der Waals surface area contributed by atoms with Crippen LogP contribution in [0, 0.1) is 17.8 Å². The van der Waals surface area contributed by atoms with Gasteiger partial charge in [0.25, 0.3) is 0 Å². The number of ether oxygens (including phenoxy) is 1. The fourth-order valence-corrected chi connectivity index (χ4v) is 6.51. The highest BCUT2D eigenvalue weighted by atomic mass is 32.2. The predicted octanol–water partition coefficient (Wildman–Crippen LogP) is 7.98. The smallest absolute Gasteiger partial charge is 0.194 e. The van der Waals surface area contributed by atoms with E-state index in [1.807, 2.05) is 61.5 Å². The second kappa shape index (κ2) is 18.4. The van der Waals surface area contributed by atoms with E-state index in [1.165, 1.54) is 32.1 Å².